The Hall–Kier alpha value is -1.06. The second-order valence-corrected chi connectivity index (χ2v) is 3.27. The SMILES string of the molecule is COc1ccc(Cl)cc1CC(=O)CO. The molecule has 0 radical (unpaired) electrons. The average Bonchev–Trinajstić information content (AvgIpc) is 2.18. The average molecular weight is 215 g/mol. The summed E-state index contributed by atoms with van der Waals surface area (Å²) in [5.41, 5.74) is 0.694. The number of hydrogen-bond acceptors (Lipinski definition) is 3. The number of aliphatic hydroxyl groups is 1. The van der Waals surface area contributed by atoms with Crippen molar-refractivity contribution in [1.29, 1.82) is 0 Å². The highest BCUT2D eigenvalue weighted by Crippen LogP contribution is 2.23. The highest BCUT2D eigenvalue weighted by Gasteiger charge is 2.08. The highest BCUT2D eigenvalue weighted by molar-refractivity contribution is 6.30. The minimum absolute atomic E-state index is 0.139. The quantitative estimate of drug-likeness (QED) is 0.825. The van der Waals surface area contributed by atoms with E-state index in [0.29, 0.717) is 16.3 Å². The van der Waals surface area contributed by atoms with Crippen molar-refractivity contribution in [3.8, 4) is 5.75 Å². The number of halogens is 1. The standard InChI is InChI=1S/C10H11ClO3/c1-14-10-3-2-8(11)4-7(10)5-9(13)6-12/h2-4,12H,5-6H2,1H3. The van der Waals surface area contributed by atoms with Gasteiger partial charge in [0.15, 0.2) is 5.78 Å². The van der Waals surface area contributed by atoms with Crippen molar-refractivity contribution >= 4 is 17.4 Å². The number of methoxy groups -OCH3 is 1. The lowest BCUT2D eigenvalue weighted by Crippen LogP contribution is -2.08. The van der Waals surface area contributed by atoms with Crippen LogP contribution in [0.2, 0.25) is 5.02 Å². The van der Waals surface area contributed by atoms with Crippen LogP contribution in [0.25, 0.3) is 0 Å². The summed E-state index contributed by atoms with van der Waals surface area (Å²) in [6, 6.07) is 5.05. The molecule has 0 aliphatic carbocycles. The van der Waals surface area contributed by atoms with Crippen LogP contribution in [0.4, 0.5) is 0 Å². The molecule has 1 aromatic rings. The summed E-state index contributed by atoms with van der Waals surface area (Å²) in [6.07, 6.45) is 0.139. The van der Waals surface area contributed by atoms with Crippen LogP contribution in [0.5, 0.6) is 5.75 Å². The van der Waals surface area contributed by atoms with Crippen LogP contribution in [0.15, 0.2) is 18.2 Å². The van der Waals surface area contributed by atoms with Gasteiger partial charge in [-0.1, -0.05) is 11.6 Å². The molecule has 3 nitrogen and oxygen atoms in total. The Bertz CT molecular complexity index is 336. The third-order valence-corrected chi connectivity index (χ3v) is 2.04. The molecule has 0 saturated carbocycles. The van der Waals surface area contributed by atoms with Gasteiger partial charge in [0.05, 0.1) is 7.11 Å². The molecule has 0 aliphatic rings. The van der Waals surface area contributed by atoms with Crippen LogP contribution in [-0.2, 0) is 11.2 Å². The zero-order valence-corrected chi connectivity index (χ0v) is 8.54. The maximum Gasteiger partial charge on any atom is 0.162 e. The van der Waals surface area contributed by atoms with Gasteiger partial charge in [-0.15, -0.1) is 0 Å². The van der Waals surface area contributed by atoms with Gasteiger partial charge in [0.2, 0.25) is 0 Å². The number of carbonyl (C=O) groups excluding carboxylic acids is 1. The van der Waals surface area contributed by atoms with E-state index in [2.05, 4.69) is 0 Å². The lowest BCUT2D eigenvalue weighted by atomic mass is 10.1. The van der Waals surface area contributed by atoms with Gasteiger partial charge in [0.25, 0.3) is 0 Å². The topological polar surface area (TPSA) is 46.5 Å². The molecule has 0 atom stereocenters. The Kier molecular flexibility index (Phi) is 3.92. The van der Waals surface area contributed by atoms with E-state index in [1.807, 2.05) is 0 Å². The molecule has 1 rings (SSSR count). The smallest absolute Gasteiger partial charge is 0.162 e. The fraction of sp³-hybridized carbons (Fsp3) is 0.300. The maximum absolute atomic E-state index is 11.0. The molecule has 0 spiro atoms. The Morgan fingerprint density at radius 3 is 2.86 bits per heavy atom. The monoisotopic (exact) mass is 214 g/mol. The summed E-state index contributed by atoms with van der Waals surface area (Å²) in [4.78, 5) is 11.0. The number of hydrogen-bond donors (Lipinski definition) is 1. The Labute approximate surface area is 87.3 Å². The van der Waals surface area contributed by atoms with Gasteiger partial charge in [-0.05, 0) is 18.2 Å². The lowest BCUT2D eigenvalue weighted by molar-refractivity contribution is -0.121. The first-order valence-corrected chi connectivity index (χ1v) is 4.50. The molecule has 0 aliphatic heterocycles. The number of aliphatic hydroxyl groups excluding tert-OH is 1. The molecule has 0 saturated heterocycles. The van der Waals surface area contributed by atoms with E-state index in [9.17, 15) is 4.79 Å². The van der Waals surface area contributed by atoms with Crippen LogP contribution >= 0.6 is 11.6 Å². The van der Waals surface area contributed by atoms with E-state index in [1.165, 1.54) is 7.11 Å². The minimum Gasteiger partial charge on any atom is -0.496 e. The van der Waals surface area contributed by atoms with E-state index in [0.717, 1.165) is 0 Å². The molecular weight excluding hydrogens is 204 g/mol. The van der Waals surface area contributed by atoms with Crippen LogP contribution in [-0.4, -0.2) is 24.6 Å². The number of carbonyl (C=O) groups is 1. The fourth-order valence-electron chi connectivity index (χ4n) is 1.15. The van der Waals surface area contributed by atoms with E-state index in [-0.39, 0.29) is 12.2 Å². The first kappa shape index (κ1) is 11.0. The fourth-order valence-corrected chi connectivity index (χ4v) is 1.35. The molecule has 0 unspecified atom stereocenters. The Morgan fingerprint density at radius 2 is 2.29 bits per heavy atom. The second-order valence-electron chi connectivity index (χ2n) is 2.83. The van der Waals surface area contributed by atoms with Gasteiger partial charge in [-0.25, -0.2) is 0 Å². The van der Waals surface area contributed by atoms with E-state index >= 15 is 0 Å². The van der Waals surface area contributed by atoms with Crippen molar-refractivity contribution in [3.63, 3.8) is 0 Å². The first-order valence-electron chi connectivity index (χ1n) is 4.12. The summed E-state index contributed by atoms with van der Waals surface area (Å²) in [7, 11) is 1.52. The summed E-state index contributed by atoms with van der Waals surface area (Å²) >= 11 is 5.77. The van der Waals surface area contributed by atoms with Crippen molar-refractivity contribution < 1.29 is 14.6 Å². The van der Waals surface area contributed by atoms with Crippen LogP contribution in [0.1, 0.15) is 5.56 Å². The van der Waals surface area contributed by atoms with Crippen molar-refractivity contribution in [2.45, 2.75) is 6.42 Å². The number of rotatable bonds is 4. The largest absolute Gasteiger partial charge is 0.496 e. The predicted molar refractivity (Wildman–Crippen MR) is 53.8 cm³/mol. The van der Waals surface area contributed by atoms with Gasteiger partial charge in [0, 0.05) is 17.0 Å². The van der Waals surface area contributed by atoms with Gasteiger partial charge in [-0.2, -0.15) is 0 Å². The molecule has 76 valence electrons. The van der Waals surface area contributed by atoms with Crippen LogP contribution in [0, 0.1) is 0 Å². The van der Waals surface area contributed by atoms with Gasteiger partial charge in [-0.3, -0.25) is 4.79 Å². The molecule has 0 aromatic heterocycles. The summed E-state index contributed by atoms with van der Waals surface area (Å²) in [5.74, 6) is 0.349. The van der Waals surface area contributed by atoms with Gasteiger partial charge >= 0.3 is 0 Å². The number of benzene rings is 1. The molecule has 0 bridgehead atoms. The molecule has 0 amide bonds. The number of ketones is 1. The minimum atomic E-state index is -0.463. The summed E-state index contributed by atoms with van der Waals surface area (Å²) in [6.45, 7) is -0.463. The summed E-state index contributed by atoms with van der Waals surface area (Å²) in [5, 5.41) is 9.15. The van der Waals surface area contributed by atoms with Crippen molar-refractivity contribution in [1.82, 2.24) is 0 Å². The van der Waals surface area contributed by atoms with Crippen LogP contribution in [0.3, 0.4) is 0 Å². The Balaban J connectivity index is 2.93. The molecular formula is C10H11ClO3. The van der Waals surface area contributed by atoms with Crippen LogP contribution < -0.4 is 4.74 Å². The molecule has 0 fully saturated rings. The second kappa shape index (κ2) is 4.98. The molecule has 0 heterocycles. The highest BCUT2D eigenvalue weighted by atomic mass is 35.5. The number of Topliss-reactive ketones (excluding diaryl/α,β-unsaturated/α-hetero) is 1. The molecule has 1 aromatic carbocycles. The number of ether oxygens (including phenoxy) is 1. The van der Waals surface area contributed by atoms with E-state index < -0.39 is 6.61 Å². The maximum atomic E-state index is 11.0. The zero-order valence-electron chi connectivity index (χ0n) is 7.79. The van der Waals surface area contributed by atoms with E-state index in [4.69, 9.17) is 21.4 Å². The van der Waals surface area contributed by atoms with Crippen molar-refractivity contribution in [2.24, 2.45) is 0 Å². The van der Waals surface area contributed by atoms with Gasteiger partial charge < -0.3 is 9.84 Å². The lowest BCUT2D eigenvalue weighted by Gasteiger charge is -2.07. The normalized spacial score (nSPS) is 9.93. The van der Waals surface area contributed by atoms with Crippen molar-refractivity contribution in [3.05, 3.63) is 28.8 Å². The Morgan fingerprint density at radius 1 is 1.57 bits per heavy atom. The molecule has 4 heteroatoms. The molecule has 1 N–H and O–H groups in total. The van der Waals surface area contributed by atoms with Crippen molar-refractivity contribution in [2.75, 3.05) is 13.7 Å². The zero-order chi connectivity index (χ0) is 10.6. The predicted octanol–water partition coefficient (Wildman–Crippen LogP) is 1.45. The van der Waals surface area contributed by atoms with Gasteiger partial charge in [0.1, 0.15) is 12.4 Å². The third-order valence-electron chi connectivity index (χ3n) is 1.81. The van der Waals surface area contributed by atoms with E-state index in [1.54, 1.807) is 18.2 Å². The molecule has 14 heavy (non-hydrogen) atoms. The summed E-state index contributed by atoms with van der Waals surface area (Å²) < 4.78 is 5.05. The third kappa shape index (κ3) is 2.72. The first-order chi connectivity index (χ1) is 6.67.